The van der Waals surface area contributed by atoms with Crippen molar-refractivity contribution in [2.75, 3.05) is 31.1 Å². The second-order valence-electron chi connectivity index (χ2n) is 4.42. The maximum atomic E-state index is 10.2. The van der Waals surface area contributed by atoms with Crippen LogP contribution in [-0.4, -0.2) is 47.9 Å². The van der Waals surface area contributed by atoms with Gasteiger partial charge in [-0.2, -0.15) is 11.8 Å². The topological polar surface area (TPSA) is 44.3 Å². The van der Waals surface area contributed by atoms with E-state index in [0.717, 1.165) is 32.5 Å². The summed E-state index contributed by atoms with van der Waals surface area (Å²) in [6, 6.07) is 0.638. The Morgan fingerprint density at radius 3 is 2.86 bits per heavy atom. The van der Waals surface area contributed by atoms with E-state index < -0.39 is 5.60 Å². The Kier molecular flexibility index (Phi) is 3.71. The fraction of sp³-hybridized carbons (Fsp3) is 1.00. The molecule has 0 aromatic rings. The normalized spacial score (nSPS) is 31.9. The molecule has 2 fully saturated rings. The second-order valence-corrected chi connectivity index (χ2v) is 5.57. The van der Waals surface area contributed by atoms with E-state index in [-0.39, 0.29) is 0 Å². The lowest BCUT2D eigenvalue weighted by Crippen LogP contribution is -2.50. The molecule has 4 heteroatoms. The van der Waals surface area contributed by atoms with Gasteiger partial charge in [0.2, 0.25) is 0 Å². The van der Waals surface area contributed by atoms with E-state index in [1.807, 2.05) is 11.8 Å². The highest BCUT2D eigenvalue weighted by molar-refractivity contribution is 7.99. The van der Waals surface area contributed by atoms with Crippen LogP contribution in [0.2, 0.25) is 0 Å². The van der Waals surface area contributed by atoms with Gasteiger partial charge in [-0.25, -0.2) is 0 Å². The van der Waals surface area contributed by atoms with Crippen LogP contribution in [0.1, 0.15) is 19.3 Å². The lowest BCUT2D eigenvalue weighted by Gasteiger charge is -2.33. The third-order valence-electron chi connectivity index (χ3n) is 3.18. The van der Waals surface area contributed by atoms with E-state index in [9.17, 15) is 5.11 Å². The molecule has 0 aliphatic carbocycles. The summed E-state index contributed by atoms with van der Waals surface area (Å²) in [4.78, 5) is 0. The number of hydrogen-bond acceptors (Lipinski definition) is 4. The molecule has 0 radical (unpaired) electrons. The number of piperidine rings is 1. The highest BCUT2D eigenvalue weighted by atomic mass is 32.2. The van der Waals surface area contributed by atoms with Crippen molar-refractivity contribution in [2.24, 2.45) is 0 Å². The smallest absolute Gasteiger partial charge is 0.0795 e. The van der Waals surface area contributed by atoms with Crippen LogP contribution in [0.15, 0.2) is 0 Å². The van der Waals surface area contributed by atoms with Crippen molar-refractivity contribution in [2.45, 2.75) is 30.9 Å². The number of rotatable bonds is 3. The molecule has 0 aromatic carbocycles. The van der Waals surface area contributed by atoms with Crippen LogP contribution < -0.4 is 10.6 Å². The number of aliphatic hydroxyl groups is 1. The molecule has 3 N–H and O–H groups in total. The fourth-order valence-electron chi connectivity index (χ4n) is 2.10. The Labute approximate surface area is 90.0 Å². The second kappa shape index (κ2) is 4.84. The zero-order valence-electron chi connectivity index (χ0n) is 8.59. The summed E-state index contributed by atoms with van der Waals surface area (Å²) in [5.74, 6) is 2.49. The number of thioether (sulfide) groups is 1. The van der Waals surface area contributed by atoms with Crippen LogP contribution in [0.4, 0.5) is 0 Å². The van der Waals surface area contributed by atoms with E-state index in [2.05, 4.69) is 10.6 Å². The molecule has 0 aromatic heterocycles. The van der Waals surface area contributed by atoms with Gasteiger partial charge in [-0.3, -0.25) is 0 Å². The highest BCUT2D eigenvalue weighted by Crippen LogP contribution is 2.20. The molecule has 1 atom stereocenters. The van der Waals surface area contributed by atoms with Crippen molar-refractivity contribution in [1.29, 1.82) is 0 Å². The molecule has 2 rings (SSSR count). The lowest BCUT2D eigenvalue weighted by molar-refractivity contribution is 0.00943. The number of nitrogens with one attached hydrogen (secondary N) is 2. The van der Waals surface area contributed by atoms with Gasteiger partial charge in [-0.1, -0.05) is 0 Å². The van der Waals surface area contributed by atoms with Gasteiger partial charge in [-0.15, -0.1) is 0 Å². The first-order chi connectivity index (χ1) is 6.79. The molecular weight excluding hydrogens is 196 g/mol. The van der Waals surface area contributed by atoms with Crippen LogP contribution in [0.5, 0.6) is 0 Å². The molecule has 0 spiro atoms. The Hall–Kier alpha value is 0.230. The maximum absolute atomic E-state index is 10.2. The van der Waals surface area contributed by atoms with E-state index in [1.54, 1.807) is 0 Å². The Morgan fingerprint density at radius 2 is 2.21 bits per heavy atom. The molecule has 0 bridgehead atoms. The molecule has 2 aliphatic rings. The van der Waals surface area contributed by atoms with Crippen molar-refractivity contribution < 1.29 is 5.11 Å². The fourth-order valence-corrected chi connectivity index (χ4v) is 3.29. The summed E-state index contributed by atoms with van der Waals surface area (Å²) in [6.45, 7) is 2.69. The van der Waals surface area contributed by atoms with Crippen molar-refractivity contribution >= 4 is 11.8 Å². The van der Waals surface area contributed by atoms with Gasteiger partial charge in [0, 0.05) is 18.3 Å². The quantitative estimate of drug-likeness (QED) is 0.630. The Balaban J connectivity index is 1.72. The summed E-state index contributed by atoms with van der Waals surface area (Å²) in [7, 11) is 0. The van der Waals surface area contributed by atoms with Crippen LogP contribution in [0.25, 0.3) is 0 Å². The highest BCUT2D eigenvalue weighted by Gasteiger charge is 2.29. The minimum atomic E-state index is -0.446. The van der Waals surface area contributed by atoms with Crippen LogP contribution in [-0.2, 0) is 0 Å². The maximum Gasteiger partial charge on any atom is 0.0795 e. The van der Waals surface area contributed by atoms with Crippen LogP contribution in [0.3, 0.4) is 0 Å². The largest absolute Gasteiger partial charge is 0.388 e. The van der Waals surface area contributed by atoms with Crippen LogP contribution in [0, 0.1) is 0 Å². The molecule has 2 saturated heterocycles. The van der Waals surface area contributed by atoms with E-state index in [1.165, 1.54) is 17.9 Å². The first kappa shape index (κ1) is 10.7. The third kappa shape index (κ3) is 2.86. The molecule has 0 amide bonds. The first-order valence-corrected chi connectivity index (χ1v) is 6.68. The summed E-state index contributed by atoms with van der Waals surface area (Å²) >= 11 is 2.01. The predicted octanol–water partition coefficient (Wildman–Crippen LogP) is 0.196. The molecule has 0 saturated carbocycles. The number of hydrogen-bond donors (Lipinski definition) is 3. The monoisotopic (exact) mass is 216 g/mol. The lowest BCUT2D eigenvalue weighted by atomic mass is 9.92. The van der Waals surface area contributed by atoms with Gasteiger partial charge in [-0.05, 0) is 38.1 Å². The van der Waals surface area contributed by atoms with Gasteiger partial charge < -0.3 is 15.7 Å². The molecule has 3 nitrogen and oxygen atoms in total. The first-order valence-electron chi connectivity index (χ1n) is 5.53. The summed E-state index contributed by atoms with van der Waals surface area (Å²) < 4.78 is 0. The van der Waals surface area contributed by atoms with E-state index >= 15 is 0 Å². The zero-order valence-corrected chi connectivity index (χ0v) is 9.41. The Morgan fingerprint density at radius 1 is 1.43 bits per heavy atom. The molecular formula is C10H20N2OS. The molecule has 2 aliphatic heterocycles. The zero-order chi connectivity index (χ0) is 9.86. The van der Waals surface area contributed by atoms with E-state index in [4.69, 9.17) is 0 Å². The summed E-state index contributed by atoms with van der Waals surface area (Å²) in [5.41, 5.74) is -0.446. The van der Waals surface area contributed by atoms with Crippen molar-refractivity contribution in [3.63, 3.8) is 0 Å². The Bertz CT molecular complexity index is 177. The molecule has 2 heterocycles. The standard InChI is InChI=1S/C10H20N2OS/c13-10(2-4-11-5-3-10)8-12-9-1-6-14-7-9/h9,11-13H,1-8H2. The van der Waals surface area contributed by atoms with Crippen molar-refractivity contribution in [3.8, 4) is 0 Å². The average molecular weight is 216 g/mol. The van der Waals surface area contributed by atoms with Crippen molar-refractivity contribution in [1.82, 2.24) is 10.6 Å². The predicted molar refractivity (Wildman–Crippen MR) is 60.8 cm³/mol. The summed E-state index contributed by atoms with van der Waals surface area (Å²) in [5, 5.41) is 17.0. The molecule has 1 unspecified atom stereocenters. The van der Waals surface area contributed by atoms with Gasteiger partial charge in [0.05, 0.1) is 5.60 Å². The molecule has 82 valence electrons. The van der Waals surface area contributed by atoms with Crippen molar-refractivity contribution in [3.05, 3.63) is 0 Å². The SMILES string of the molecule is OC1(CNC2CCSC2)CCNCC1. The third-order valence-corrected chi connectivity index (χ3v) is 4.35. The van der Waals surface area contributed by atoms with Gasteiger partial charge >= 0.3 is 0 Å². The van der Waals surface area contributed by atoms with Gasteiger partial charge in [0.15, 0.2) is 0 Å². The van der Waals surface area contributed by atoms with Gasteiger partial charge in [0.1, 0.15) is 0 Å². The minimum Gasteiger partial charge on any atom is -0.388 e. The van der Waals surface area contributed by atoms with Crippen LogP contribution >= 0.6 is 11.8 Å². The minimum absolute atomic E-state index is 0.446. The molecule has 14 heavy (non-hydrogen) atoms. The van der Waals surface area contributed by atoms with Gasteiger partial charge in [0.25, 0.3) is 0 Å². The summed E-state index contributed by atoms with van der Waals surface area (Å²) in [6.07, 6.45) is 3.04. The van der Waals surface area contributed by atoms with E-state index in [0.29, 0.717) is 6.04 Å². The average Bonchev–Trinajstić information content (AvgIpc) is 2.69.